The van der Waals surface area contributed by atoms with Crippen molar-refractivity contribution < 1.29 is 4.79 Å². The van der Waals surface area contributed by atoms with E-state index in [9.17, 15) is 4.79 Å². The standard InChI is InChI=1S/C21H18Cl2N6OS/c1-11-9-17(28-27-11)24-21(31)26-19-20(30)29(2)16-8-7-12(22)10-14(16)18(25-19)13-5-3-4-6-15(13)23/h3-8,10,19H,9H2,1-2H3,(H2,24,26,28,31). The molecule has 0 aliphatic carbocycles. The molecule has 2 aromatic rings. The van der Waals surface area contributed by atoms with Crippen molar-refractivity contribution in [1.82, 2.24) is 10.7 Å². The summed E-state index contributed by atoms with van der Waals surface area (Å²) in [6, 6.07) is 12.6. The van der Waals surface area contributed by atoms with Crippen LogP contribution in [0, 0.1) is 0 Å². The average molecular weight is 473 g/mol. The number of rotatable bonds is 2. The summed E-state index contributed by atoms with van der Waals surface area (Å²) >= 11 is 18.1. The minimum atomic E-state index is -0.997. The third kappa shape index (κ3) is 4.46. The third-order valence-corrected chi connectivity index (χ3v) is 5.60. The monoisotopic (exact) mass is 472 g/mol. The summed E-state index contributed by atoms with van der Waals surface area (Å²) in [7, 11) is 1.68. The van der Waals surface area contributed by atoms with Gasteiger partial charge in [-0.15, -0.1) is 0 Å². The lowest BCUT2D eigenvalue weighted by molar-refractivity contribution is -0.119. The fraction of sp³-hybridized carbons (Fsp3) is 0.190. The molecule has 2 aliphatic rings. The molecule has 0 bridgehead atoms. The van der Waals surface area contributed by atoms with Gasteiger partial charge in [0.2, 0.25) is 6.17 Å². The number of amidine groups is 1. The Labute approximate surface area is 194 Å². The number of thiocarbonyl (C=S) groups is 1. The second-order valence-electron chi connectivity index (χ2n) is 7.06. The molecule has 0 saturated heterocycles. The molecule has 10 heteroatoms. The highest BCUT2D eigenvalue weighted by molar-refractivity contribution is 7.80. The van der Waals surface area contributed by atoms with E-state index < -0.39 is 6.17 Å². The predicted molar refractivity (Wildman–Crippen MR) is 130 cm³/mol. The van der Waals surface area contributed by atoms with Crippen LogP contribution in [0.5, 0.6) is 0 Å². The normalized spacial score (nSPS) is 19.4. The zero-order valence-corrected chi connectivity index (χ0v) is 19.0. The number of hydrazone groups is 1. The van der Waals surface area contributed by atoms with E-state index in [0.717, 1.165) is 5.71 Å². The zero-order chi connectivity index (χ0) is 22.1. The maximum atomic E-state index is 13.2. The Kier molecular flexibility index (Phi) is 6.04. The Balaban J connectivity index is 1.77. The number of halogens is 2. The molecular weight excluding hydrogens is 455 g/mol. The van der Waals surface area contributed by atoms with E-state index in [4.69, 9.17) is 40.4 Å². The summed E-state index contributed by atoms with van der Waals surface area (Å²) in [4.78, 5) is 23.8. The number of nitrogens with one attached hydrogen (secondary N) is 2. The summed E-state index contributed by atoms with van der Waals surface area (Å²) in [5.41, 5.74) is 6.29. The van der Waals surface area contributed by atoms with Crippen molar-refractivity contribution in [2.75, 3.05) is 11.9 Å². The highest BCUT2D eigenvalue weighted by atomic mass is 35.5. The number of likely N-dealkylation sites (N-methyl/N-ethyl adjacent to an activating group) is 1. The number of nitrogens with zero attached hydrogens (tertiary/aromatic N) is 4. The number of amides is 1. The van der Waals surface area contributed by atoms with Crippen molar-refractivity contribution in [3.63, 3.8) is 0 Å². The van der Waals surface area contributed by atoms with Crippen LogP contribution in [-0.4, -0.2) is 41.5 Å². The topological polar surface area (TPSA) is 81.4 Å². The van der Waals surface area contributed by atoms with E-state index in [0.29, 0.717) is 44.8 Å². The fourth-order valence-corrected chi connectivity index (χ4v) is 3.95. The molecular formula is C21H18Cl2N6OS. The summed E-state index contributed by atoms with van der Waals surface area (Å²) < 4.78 is 0. The SMILES string of the molecule is CC1=NNC(=NC(=S)NC2N=C(c3ccccc3Cl)c3cc(Cl)ccc3N(C)C2=O)C1. The molecule has 2 heterocycles. The molecule has 2 aliphatic heterocycles. The lowest BCUT2D eigenvalue weighted by atomic mass is 10.00. The van der Waals surface area contributed by atoms with Crippen LogP contribution in [0.1, 0.15) is 24.5 Å². The first-order chi connectivity index (χ1) is 14.8. The molecule has 0 aromatic heterocycles. The quantitative estimate of drug-likeness (QED) is 0.651. The van der Waals surface area contributed by atoms with Crippen molar-refractivity contribution in [2.45, 2.75) is 19.5 Å². The molecule has 31 heavy (non-hydrogen) atoms. The molecule has 0 spiro atoms. The van der Waals surface area contributed by atoms with Gasteiger partial charge >= 0.3 is 0 Å². The molecule has 2 aromatic carbocycles. The van der Waals surface area contributed by atoms with Crippen molar-refractivity contribution in [3.05, 3.63) is 63.6 Å². The number of hydrogen-bond acceptors (Lipinski definition) is 4. The first-order valence-electron chi connectivity index (χ1n) is 9.41. The molecule has 158 valence electrons. The van der Waals surface area contributed by atoms with E-state index in [1.165, 1.54) is 4.90 Å². The molecule has 1 amide bonds. The van der Waals surface area contributed by atoms with Crippen LogP contribution < -0.4 is 15.6 Å². The maximum absolute atomic E-state index is 13.2. The number of carbonyl (C=O) groups is 1. The summed E-state index contributed by atoms with van der Waals surface area (Å²) in [5.74, 6) is 0.315. The van der Waals surface area contributed by atoms with Gasteiger partial charge in [-0.2, -0.15) is 5.10 Å². The van der Waals surface area contributed by atoms with Gasteiger partial charge in [-0.05, 0) is 43.4 Å². The van der Waals surface area contributed by atoms with Gasteiger partial charge < -0.3 is 10.2 Å². The van der Waals surface area contributed by atoms with Crippen molar-refractivity contribution in [2.24, 2.45) is 15.1 Å². The Hall–Kier alpha value is -2.81. The summed E-state index contributed by atoms with van der Waals surface area (Å²) in [5, 5.41) is 8.18. The molecule has 7 nitrogen and oxygen atoms in total. The maximum Gasteiger partial charge on any atom is 0.272 e. The van der Waals surface area contributed by atoms with Crippen LogP contribution in [0.3, 0.4) is 0 Å². The number of benzene rings is 2. The van der Waals surface area contributed by atoms with Gasteiger partial charge in [-0.3, -0.25) is 10.2 Å². The fourth-order valence-electron chi connectivity index (χ4n) is 3.33. The van der Waals surface area contributed by atoms with Gasteiger partial charge in [0.25, 0.3) is 5.91 Å². The van der Waals surface area contributed by atoms with Crippen LogP contribution in [0.25, 0.3) is 0 Å². The third-order valence-electron chi connectivity index (χ3n) is 4.82. The highest BCUT2D eigenvalue weighted by Gasteiger charge is 2.31. The van der Waals surface area contributed by atoms with Crippen LogP contribution >= 0.6 is 35.4 Å². The van der Waals surface area contributed by atoms with Gasteiger partial charge in [0, 0.05) is 40.4 Å². The molecule has 4 rings (SSSR count). The van der Waals surface area contributed by atoms with Crippen LogP contribution in [-0.2, 0) is 4.79 Å². The van der Waals surface area contributed by atoms with Crippen molar-refractivity contribution in [1.29, 1.82) is 0 Å². The molecule has 0 saturated carbocycles. The van der Waals surface area contributed by atoms with Crippen molar-refractivity contribution in [3.8, 4) is 0 Å². The largest absolute Gasteiger partial charge is 0.331 e. The lowest BCUT2D eigenvalue weighted by Gasteiger charge is -2.21. The first kappa shape index (κ1) is 21.4. The van der Waals surface area contributed by atoms with Gasteiger partial charge in [-0.25, -0.2) is 9.98 Å². The molecule has 1 unspecified atom stereocenters. The second kappa shape index (κ2) is 8.74. The summed E-state index contributed by atoms with van der Waals surface area (Å²) in [6.07, 6.45) is -0.430. The Morgan fingerprint density at radius 3 is 2.74 bits per heavy atom. The second-order valence-corrected chi connectivity index (χ2v) is 8.29. The summed E-state index contributed by atoms with van der Waals surface area (Å²) in [6.45, 7) is 1.89. The number of aliphatic imine (C=N–C) groups is 2. The van der Waals surface area contributed by atoms with Crippen molar-refractivity contribution >= 4 is 69.4 Å². The minimum Gasteiger partial charge on any atom is -0.331 e. The van der Waals surface area contributed by atoms with Crippen LogP contribution in [0.15, 0.2) is 57.6 Å². The van der Waals surface area contributed by atoms with Crippen LogP contribution in [0.4, 0.5) is 5.69 Å². The van der Waals surface area contributed by atoms with Gasteiger partial charge in [0.05, 0.1) is 11.4 Å². The highest BCUT2D eigenvalue weighted by Crippen LogP contribution is 2.31. The predicted octanol–water partition coefficient (Wildman–Crippen LogP) is 3.78. The van der Waals surface area contributed by atoms with Gasteiger partial charge in [0.15, 0.2) is 5.11 Å². The number of anilines is 1. The van der Waals surface area contributed by atoms with E-state index in [-0.39, 0.29) is 11.0 Å². The smallest absolute Gasteiger partial charge is 0.272 e. The van der Waals surface area contributed by atoms with E-state index in [2.05, 4.69) is 20.8 Å². The van der Waals surface area contributed by atoms with Gasteiger partial charge in [-0.1, -0.05) is 41.4 Å². The Bertz CT molecular complexity index is 1180. The Morgan fingerprint density at radius 2 is 2.03 bits per heavy atom. The van der Waals surface area contributed by atoms with Gasteiger partial charge in [0.1, 0.15) is 5.84 Å². The first-order valence-corrected chi connectivity index (χ1v) is 10.6. The van der Waals surface area contributed by atoms with E-state index in [1.54, 1.807) is 31.3 Å². The van der Waals surface area contributed by atoms with E-state index >= 15 is 0 Å². The molecule has 1 atom stereocenters. The van der Waals surface area contributed by atoms with Crippen LogP contribution in [0.2, 0.25) is 10.0 Å². The molecule has 0 fully saturated rings. The molecule has 0 radical (unpaired) electrons. The van der Waals surface area contributed by atoms with E-state index in [1.807, 2.05) is 25.1 Å². The number of benzodiazepines with no additional fused rings is 1. The molecule has 2 N–H and O–H groups in total. The zero-order valence-electron chi connectivity index (χ0n) is 16.7. The average Bonchev–Trinajstić information content (AvgIpc) is 3.11. The minimum absolute atomic E-state index is 0.130. The number of hydrogen-bond donors (Lipinski definition) is 2. The Morgan fingerprint density at radius 1 is 1.26 bits per heavy atom. The number of fused-ring (bicyclic) bond motifs is 1. The number of carbonyl (C=O) groups excluding carboxylic acids is 1. The lowest BCUT2D eigenvalue weighted by Crippen LogP contribution is -2.45.